The number of hydrogen-bond donors (Lipinski definition) is 1. The van der Waals surface area contributed by atoms with Gasteiger partial charge in [0, 0.05) is 31.3 Å². The zero-order chi connectivity index (χ0) is 11.3. The highest BCUT2D eigenvalue weighted by Crippen LogP contribution is 2.21. The Balaban J connectivity index is 2.85. The van der Waals surface area contributed by atoms with Crippen molar-refractivity contribution >= 4 is 0 Å². The predicted octanol–water partition coefficient (Wildman–Crippen LogP) is 1.66. The second-order valence-corrected chi connectivity index (χ2v) is 3.64. The van der Waals surface area contributed by atoms with Gasteiger partial charge in [0.1, 0.15) is 0 Å². The lowest BCUT2D eigenvalue weighted by Gasteiger charge is -2.14. The Bertz CT molecular complexity index is 346. The number of nitrogens with one attached hydrogen (secondary N) is 1. The second-order valence-electron chi connectivity index (χ2n) is 3.64. The number of hydrogen-bond acceptors (Lipinski definition) is 2. The minimum Gasteiger partial charge on any atom is -0.313 e. The molecule has 15 heavy (non-hydrogen) atoms. The normalized spacial score (nSPS) is 12.4. The van der Waals surface area contributed by atoms with Crippen LogP contribution in [0.1, 0.15) is 37.1 Å². The van der Waals surface area contributed by atoms with Crippen molar-refractivity contribution in [2.45, 2.75) is 32.2 Å². The van der Waals surface area contributed by atoms with Gasteiger partial charge in [0.05, 0.1) is 5.69 Å². The first kappa shape index (κ1) is 11.8. The van der Waals surface area contributed by atoms with Crippen LogP contribution >= 0.6 is 0 Å². The molecule has 82 valence electrons. The molecule has 0 radical (unpaired) electrons. The zero-order valence-electron chi connectivity index (χ0n) is 9.75. The first-order valence-electron chi connectivity index (χ1n) is 5.36. The standard InChI is InChI=1S/C12H19N3/c1-5-7-8-12(13-3)10-9-15(4)14-11(10)6-2/h1,9,12-13H,6-8H2,2-4H3. The van der Waals surface area contributed by atoms with Crippen LogP contribution in [-0.4, -0.2) is 16.8 Å². The fraction of sp³-hybridized carbons (Fsp3) is 0.583. The summed E-state index contributed by atoms with van der Waals surface area (Å²) in [5.41, 5.74) is 2.44. The maximum absolute atomic E-state index is 5.29. The summed E-state index contributed by atoms with van der Waals surface area (Å²) < 4.78 is 1.87. The average molecular weight is 205 g/mol. The van der Waals surface area contributed by atoms with Crippen LogP contribution in [-0.2, 0) is 13.5 Å². The molecule has 3 heteroatoms. The number of terminal acetylenes is 1. The first-order chi connectivity index (χ1) is 7.22. The van der Waals surface area contributed by atoms with Gasteiger partial charge in [0.25, 0.3) is 0 Å². The predicted molar refractivity (Wildman–Crippen MR) is 62.5 cm³/mol. The van der Waals surface area contributed by atoms with Crippen molar-refractivity contribution in [3.8, 4) is 12.3 Å². The minimum atomic E-state index is 0.324. The van der Waals surface area contributed by atoms with Crippen molar-refractivity contribution in [3.05, 3.63) is 17.5 Å². The first-order valence-corrected chi connectivity index (χ1v) is 5.36. The van der Waals surface area contributed by atoms with E-state index in [2.05, 4.69) is 29.5 Å². The fourth-order valence-electron chi connectivity index (χ4n) is 1.80. The third-order valence-corrected chi connectivity index (χ3v) is 2.57. The Kier molecular flexibility index (Phi) is 4.38. The Labute approximate surface area is 91.9 Å². The van der Waals surface area contributed by atoms with Crippen molar-refractivity contribution in [1.29, 1.82) is 0 Å². The lowest BCUT2D eigenvalue weighted by Crippen LogP contribution is -2.17. The van der Waals surface area contributed by atoms with E-state index in [9.17, 15) is 0 Å². The summed E-state index contributed by atoms with van der Waals surface area (Å²) in [5.74, 6) is 2.68. The van der Waals surface area contributed by atoms with Crippen molar-refractivity contribution < 1.29 is 0 Å². The monoisotopic (exact) mass is 205 g/mol. The van der Waals surface area contributed by atoms with Gasteiger partial charge in [-0.3, -0.25) is 4.68 Å². The summed E-state index contributed by atoms with van der Waals surface area (Å²) in [7, 11) is 3.92. The minimum absolute atomic E-state index is 0.324. The largest absolute Gasteiger partial charge is 0.313 e. The summed E-state index contributed by atoms with van der Waals surface area (Å²) in [6.07, 6.45) is 10.1. The smallest absolute Gasteiger partial charge is 0.0669 e. The highest BCUT2D eigenvalue weighted by Gasteiger charge is 2.15. The summed E-state index contributed by atoms with van der Waals surface area (Å²) in [5, 5.41) is 7.72. The number of aromatic nitrogens is 2. The Hall–Kier alpha value is -1.27. The van der Waals surface area contributed by atoms with E-state index in [1.807, 2.05) is 18.8 Å². The summed E-state index contributed by atoms with van der Waals surface area (Å²) >= 11 is 0. The molecule has 0 aromatic carbocycles. The molecule has 3 nitrogen and oxygen atoms in total. The molecule has 1 rings (SSSR count). The van der Waals surface area contributed by atoms with Gasteiger partial charge >= 0.3 is 0 Å². The molecule has 0 aliphatic rings. The molecule has 1 aromatic heterocycles. The molecule has 0 bridgehead atoms. The number of nitrogens with zero attached hydrogens (tertiary/aromatic N) is 2. The molecule has 0 aliphatic heterocycles. The van der Waals surface area contributed by atoms with E-state index in [-0.39, 0.29) is 0 Å². The molecule has 0 amide bonds. The van der Waals surface area contributed by atoms with Crippen LogP contribution < -0.4 is 5.32 Å². The van der Waals surface area contributed by atoms with E-state index in [1.165, 1.54) is 5.56 Å². The van der Waals surface area contributed by atoms with E-state index >= 15 is 0 Å². The maximum Gasteiger partial charge on any atom is 0.0669 e. The molecule has 0 spiro atoms. The molecule has 0 saturated heterocycles. The molecule has 1 unspecified atom stereocenters. The van der Waals surface area contributed by atoms with Gasteiger partial charge in [-0.1, -0.05) is 6.92 Å². The average Bonchev–Trinajstić information content (AvgIpc) is 2.61. The highest BCUT2D eigenvalue weighted by atomic mass is 15.3. The van der Waals surface area contributed by atoms with Gasteiger partial charge in [-0.05, 0) is 19.9 Å². The number of rotatable bonds is 5. The third-order valence-electron chi connectivity index (χ3n) is 2.57. The summed E-state index contributed by atoms with van der Waals surface area (Å²) in [4.78, 5) is 0. The molecule has 1 atom stereocenters. The highest BCUT2D eigenvalue weighted by molar-refractivity contribution is 5.21. The molecule has 1 heterocycles. The summed E-state index contributed by atoms with van der Waals surface area (Å²) in [6.45, 7) is 2.12. The van der Waals surface area contributed by atoms with Crippen molar-refractivity contribution in [2.75, 3.05) is 7.05 Å². The van der Waals surface area contributed by atoms with Crippen molar-refractivity contribution in [2.24, 2.45) is 7.05 Å². The second kappa shape index (κ2) is 5.57. The van der Waals surface area contributed by atoms with Crippen LogP contribution in [0.2, 0.25) is 0 Å². The van der Waals surface area contributed by atoms with Gasteiger partial charge < -0.3 is 5.32 Å². The van der Waals surface area contributed by atoms with Crippen LogP contribution in [0, 0.1) is 12.3 Å². The van der Waals surface area contributed by atoms with Gasteiger partial charge in [-0.15, -0.1) is 12.3 Å². The molecule has 0 fully saturated rings. The fourth-order valence-corrected chi connectivity index (χ4v) is 1.80. The topological polar surface area (TPSA) is 29.9 Å². The van der Waals surface area contributed by atoms with Gasteiger partial charge in [0.2, 0.25) is 0 Å². The van der Waals surface area contributed by atoms with Crippen molar-refractivity contribution in [3.63, 3.8) is 0 Å². The van der Waals surface area contributed by atoms with E-state index in [4.69, 9.17) is 6.42 Å². The summed E-state index contributed by atoms with van der Waals surface area (Å²) in [6, 6.07) is 0.324. The lowest BCUT2D eigenvalue weighted by atomic mass is 10.0. The zero-order valence-corrected chi connectivity index (χ0v) is 9.75. The molecule has 1 N–H and O–H groups in total. The van der Waals surface area contributed by atoms with Crippen LogP contribution in [0.4, 0.5) is 0 Å². The lowest BCUT2D eigenvalue weighted by molar-refractivity contribution is 0.554. The number of aryl methyl sites for hydroxylation is 2. The van der Waals surface area contributed by atoms with Gasteiger partial charge in [0.15, 0.2) is 0 Å². The third kappa shape index (κ3) is 2.84. The molecule has 0 aliphatic carbocycles. The van der Waals surface area contributed by atoms with E-state index in [0.717, 1.165) is 25.0 Å². The molecule has 1 aromatic rings. The Morgan fingerprint density at radius 3 is 2.93 bits per heavy atom. The van der Waals surface area contributed by atoms with Crippen LogP contribution in [0.25, 0.3) is 0 Å². The van der Waals surface area contributed by atoms with Gasteiger partial charge in [-0.2, -0.15) is 5.10 Å². The molecular formula is C12H19N3. The van der Waals surface area contributed by atoms with E-state index < -0.39 is 0 Å². The quantitative estimate of drug-likeness (QED) is 0.741. The SMILES string of the molecule is C#CCCC(NC)c1cn(C)nc1CC. The maximum atomic E-state index is 5.29. The molecule has 0 saturated carbocycles. The molecular weight excluding hydrogens is 186 g/mol. The van der Waals surface area contributed by atoms with Crippen LogP contribution in [0.15, 0.2) is 6.20 Å². The van der Waals surface area contributed by atoms with E-state index in [1.54, 1.807) is 0 Å². The Morgan fingerprint density at radius 2 is 2.40 bits per heavy atom. The van der Waals surface area contributed by atoms with Gasteiger partial charge in [-0.25, -0.2) is 0 Å². The van der Waals surface area contributed by atoms with Crippen LogP contribution in [0.3, 0.4) is 0 Å². The van der Waals surface area contributed by atoms with E-state index in [0.29, 0.717) is 6.04 Å². The Morgan fingerprint density at radius 1 is 1.67 bits per heavy atom. The van der Waals surface area contributed by atoms with Crippen molar-refractivity contribution in [1.82, 2.24) is 15.1 Å². The van der Waals surface area contributed by atoms with Crippen LogP contribution in [0.5, 0.6) is 0 Å².